The highest BCUT2D eigenvalue weighted by Crippen LogP contribution is 2.32. The number of nitrogens with one attached hydrogen (secondary N) is 1. The van der Waals surface area contributed by atoms with E-state index in [9.17, 15) is 25.0 Å². The number of ether oxygens (including phenoxy) is 1. The van der Waals surface area contributed by atoms with Crippen LogP contribution in [0.3, 0.4) is 0 Å². The molecule has 3 aromatic rings. The highest BCUT2D eigenvalue weighted by atomic mass is 35.5. The number of nitro benzene ring substituents is 1. The summed E-state index contributed by atoms with van der Waals surface area (Å²) in [6.07, 6.45) is 1.06. The van der Waals surface area contributed by atoms with E-state index in [4.69, 9.17) is 16.3 Å². The Balaban J connectivity index is 1.87. The van der Waals surface area contributed by atoms with Crippen LogP contribution < -0.4 is 10.1 Å². The number of hydrogen-bond donors (Lipinski definition) is 1. The number of non-ortho nitro benzene ring substituents is 1. The second-order valence-electron chi connectivity index (χ2n) is 6.97. The van der Waals surface area contributed by atoms with E-state index in [1.54, 1.807) is 25.1 Å². The minimum atomic E-state index is -0.911. The molecule has 32 heavy (non-hydrogen) atoms. The first-order chi connectivity index (χ1) is 15.1. The van der Waals surface area contributed by atoms with E-state index < -0.39 is 21.8 Å². The van der Waals surface area contributed by atoms with Crippen LogP contribution >= 0.6 is 11.6 Å². The summed E-state index contributed by atoms with van der Waals surface area (Å²) in [5, 5.41) is 29.4. The van der Waals surface area contributed by atoms with Gasteiger partial charge in [0.05, 0.1) is 21.6 Å². The fraction of sp³-hybridized carbons (Fsp3) is 0.200. The minimum Gasteiger partial charge on any atom is -0.457 e. The lowest BCUT2D eigenvalue weighted by atomic mass is 10.2. The lowest BCUT2D eigenvalue weighted by Gasteiger charge is -2.15. The fourth-order valence-electron chi connectivity index (χ4n) is 3.02. The van der Waals surface area contributed by atoms with Gasteiger partial charge in [-0.3, -0.25) is 29.7 Å². The van der Waals surface area contributed by atoms with Gasteiger partial charge in [0.2, 0.25) is 5.91 Å². The number of nitrogens with zero attached hydrogens (tertiary/aromatic N) is 4. The van der Waals surface area contributed by atoms with Crippen LogP contribution in [0.25, 0.3) is 0 Å². The third-order valence-electron chi connectivity index (χ3n) is 4.70. The molecule has 0 saturated carbocycles. The summed E-state index contributed by atoms with van der Waals surface area (Å²) >= 11 is 5.94. The van der Waals surface area contributed by atoms with Crippen molar-refractivity contribution in [3.8, 4) is 11.5 Å². The van der Waals surface area contributed by atoms with Gasteiger partial charge in [-0.15, -0.1) is 0 Å². The summed E-state index contributed by atoms with van der Waals surface area (Å²) in [4.78, 5) is 33.9. The van der Waals surface area contributed by atoms with Crippen molar-refractivity contribution in [1.82, 2.24) is 9.78 Å². The van der Waals surface area contributed by atoms with Crippen LogP contribution in [0, 0.1) is 34.1 Å². The maximum absolute atomic E-state index is 12.7. The van der Waals surface area contributed by atoms with E-state index in [0.717, 1.165) is 11.8 Å². The van der Waals surface area contributed by atoms with Gasteiger partial charge in [-0.05, 0) is 44.5 Å². The van der Waals surface area contributed by atoms with Gasteiger partial charge >= 0.3 is 5.69 Å². The first-order valence-electron chi connectivity index (χ1n) is 9.29. The first kappa shape index (κ1) is 22.7. The molecule has 1 amide bonds. The number of halogens is 1. The van der Waals surface area contributed by atoms with Crippen molar-refractivity contribution in [1.29, 1.82) is 0 Å². The predicted octanol–water partition coefficient (Wildman–Crippen LogP) is 4.96. The Morgan fingerprint density at radius 1 is 1.16 bits per heavy atom. The van der Waals surface area contributed by atoms with Gasteiger partial charge < -0.3 is 10.1 Å². The van der Waals surface area contributed by atoms with Crippen molar-refractivity contribution in [2.24, 2.45) is 0 Å². The molecule has 0 fully saturated rings. The molecule has 2 aromatic carbocycles. The largest absolute Gasteiger partial charge is 0.457 e. The quantitative estimate of drug-likeness (QED) is 0.388. The second kappa shape index (κ2) is 9.02. The summed E-state index contributed by atoms with van der Waals surface area (Å²) < 4.78 is 6.97. The molecule has 1 aromatic heterocycles. The molecule has 0 aliphatic rings. The number of nitro groups is 2. The van der Waals surface area contributed by atoms with Crippen LogP contribution in [-0.4, -0.2) is 25.5 Å². The minimum absolute atomic E-state index is 0.122. The molecule has 0 aliphatic carbocycles. The Kier molecular flexibility index (Phi) is 6.40. The molecule has 12 heteroatoms. The van der Waals surface area contributed by atoms with Gasteiger partial charge in [0.25, 0.3) is 5.69 Å². The van der Waals surface area contributed by atoms with Crippen molar-refractivity contribution in [2.45, 2.75) is 26.8 Å². The number of aryl methyl sites for hydroxylation is 1. The number of carbonyl (C=O) groups is 1. The Labute approximate surface area is 186 Å². The van der Waals surface area contributed by atoms with E-state index in [1.807, 2.05) is 0 Å². The Morgan fingerprint density at radius 2 is 1.88 bits per heavy atom. The van der Waals surface area contributed by atoms with Crippen LogP contribution in [0.2, 0.25) is 5.02 Å². The van der Waals surface area contributed by atoms with Crippen molar-refractivity contribution in [3.63, 3.8) is 0 Å². The number of hydrogen-bond acceptors (Lipinski definition) is 7. The predicted molar refractivity (Wildman–Crippen MR) is 116 cm³/mol. The molecule has 0 aliphatic heterocycles. The van der Waals surface area contributed by atoms with Gasteiger partial charge in [0, 0.05) is 17.2 Å². The molecule has 0 radical (unpaired) electrons. The molecule has 1 N–H and O–H groups in total. The second-order valence-corrected chi connectivity index (χ2v) is 7.40. The summed E-state index contributed by atoms with van der Waals surface area (Å²) in [7, 11) is 0. The number of anilines is 1. The number of aromatic nitrogens is 2. The van der Waals surface area contributed by atoms with Crippen LogP contribution in [0.5, 0.6) is 11.5 Å². The third-order valence-corrected chi connectivity index (χ3v) is 4.93. The van der Waals surface area contributed by atoms with Crippen molar-refractivity contribution in [2.75, 3.05) is 5.32 Å². The highest BCUT2D eigenvalue weighted by molar-refractivity contribution is 6.30. The van der Waals surface area contributed by atoms with E-state index in [-0.39, 0.29) is 28.5 Å². The van der Waals surface area contributed by atoms with Crippen LogP contribution in [0.15, 0.2) is 42.6 Å². The molecular formula is C20H18ClN5O6. The van der Waals surface area contributed by atoms with Crippen molar-refractivity contribution >= 4 is 34.6 Å². The van der Waals surface area contributed by atoms with E-state index >= 15 is 0 Å². The average Bonchev–Trinajstić information content (AvgIpc) is 3.10. The normalized spacial score (nSPS) is 11.6. The van der Waals surface area contributed by atoms with Gasteiger partial charge in [-0.2, -0.15) is 5.10 Å². The molecule has 11 nitrogen and oxygen atoms in total. The van der Waals surface area contributed by atoms with Crippen molar-refractivity contribution < 1.29 is 19.4 Å². The van der Waals surface area contributed by atoms with Crippen LogP contribution in [0.1, 0.15) is 24.2 Å². The van der Waals surface area contributed by atoms with Gasteiger partial charge in [-0.1, -0.05) is 11.6 Å². The molecule has 1 unspecified atom stereocenters. The molecule has 0 spiro atoms. The summed E-state index contributed by atoms with van der Waals surface area (Å²) in [5.74, 6) is 0.0127. The number of benzene rings is 2. The summed E-state index contributed by atoms with van der Waals surface area (Å²) in [5.41, 5.74) is 0.548. The Morgan fingerprint density at radius 3 is 2.47 bits per heavy atom. The van der Waals surface area contributed by atoms with E-state index in [1.165, 1.54) is 36.7 Å². The SMILES string of the molecule is Cc1cc(Cl)ccc1Oc1cc(NC(=O)C(C)n2ncc([N+](=O)[O-])c2C)cc([N+](=O)[O-])c1. The molecule has 3 rings (SSSR count). The smallest absolute Gasteiger partial charge is 0.309 e. The zero-order valence-corrected chi connectivity index (χ0v) is 18.0. The fourth-order valence-corrected chi connectivity index (χ4v) is 3.24. The number of amides is 1. The summed E-state index contributed by atoms with van der Waals surface area (Å²) in [6, 6.07) is 7.87. The molecule has 0 saturated heterocycles. The van der Waals surface area contributed by atoms with Gasteiger partial charge in [0.15, 0.2) is 0 Å². The lowest BCUT2D eigenvalue weighted by molar-refractivity contribution is -0.385. The molecule has 0 bridgehead atoms. The monoisotopic (exact) mass is 459 g/mol. The zero-order valence-electron chi connectivity index (χ0n) is 17.2. The topological polar surface area (TPSA) is 142 Å². The van der Waals surface area contributed by atoms with Gasteiger partial charge in [0.1, 0.15) is 29.4 Å². The third kappa shape index (κ3) is 4.83. The molecule has 1 atom stereocenters. The first-order valence-corrected chi connectivity index (χ1v) is 9.67. The highest BCUT2D eigenvalue weighted by Gasteiger charge is 2.24. The average molecular weight is 460 g/mol. The lowest BCUT2D eigenvalue weighted by Crippen LogP contribution is -2.25. The van der Waals surface area contributed by atoms with E-state index in [2.05, 4.69) is 10.4 Å². The molecule has 166 valence electrons. The number of rotatable bonds is 7. The standard InChI is InChI=1S/C20H18ClN5O6/c1-11-6-14(21)4-5-19(11)32-17-8-15(7-16(9-17)25(28)29)23-20(27)13(3)24-12(2)18(10-22-24)26(30)31/h4-10,13H,1-3H3,(H,23,27). The maximum atomic E-state index is 12.7. The molecular weight excluding hydrogens is 442 g/mol. The van der Waals surface area contributed by atoms with Crippen LogP contribution in [-0.2, 0) is 4.79 Å². The van der Waals surface area contributed by atoms with Crippen LogP contribution in [0.4, 0.5) is 17.1 Å². The Hall–Kier alpha value is -3.99. The van der Waals surface area contributed by atoms with Crippen molar-refractivity contribution in [3.05, 3.63) is 79.1 Å². The maximum Gasteiger partial charge on any atom is 0.309 e. The van der Waals surface area contributed by atoms with Gasteiger partial charge in [-0.25, -0.2) is 0 Å². The molecule has 1 heterocycles. The Bertz CT molecular complexity index is 1230. The van der Waals surface area contributed by atoms with E-state index in [0.29, 0.717) is 10.8 Å². The number of carbonyl (C=O) groups excluding carboxylic acids is 1. The summed E-state index contributed by atoms with van der Waals surface area (Å²) in [6.45, 7) is 4.75. The zero-order chi connectivity index (χ0) is 23.6.